The Morgan fingerprint density at radius 2 is 0.947 bits per heavy atom. The van der Waals surface area contributed by atoms with Crippen molar-refractivity contribution in [1.82, 2.24) is 63.0 Å². The summed E-state index contributed by atoms with van der Waals surface area (Å²) in [6.07, 6.45) is 0.232. The first kappa shape index (κ1) is 105. The number of thioether (sulfide) groups is 1. The number of alkyl carbamates (subject to hydrolysis) is 1. The van der Waals surface area contributed by atoms with Gasteiger partial charge in [0.05, 0.1) is 35.2 Å². The standard InChI is InChI=1S/C101H136N12O18S2/c1-18-60(4)82(108-81(114)55-102-87(116)78(107-97(127)128-56-74-72-44-32-30-42-70(72)71-43-31-33-45-73(71)74)59-133-101(66-36-24-21-25-37-66,67-38-26-22-27-39-67)68-40-28-23-29-41-68)91(120)104-75(54-65-48-50-69(51-49-65)131-100(15,16)17)88(117)111-85(64(8)130-99(12,13)14)93(122)103-63(7)86(115)105-76(57-129-98(9,10)11)89(118)110-84(62(6)20-3)95(124)113-53-35-47-80(113)94(123)112-52-34-46-79(112)90(119)109-83(61(5)19-2)92(121)106-77(58-132)96(125)126/h21-33,36-45,48-51,60-64,74-80,82-85,132H,18-20,34-35,46-47,52-59H2,1-17H3,(H,102,116)(H,103,122)(H,104,120)(H,105,115)(H,106,121)(H,107,127)(H,108,114)(H,109,119)(H,110,118)(H,111,117)(H,125,126)/t60-,61-,62-,63-,64+,75-,76-,77-,78-,79-,80-,82-,83-,84-,85-/m0/s1. The van der Waals surface area contributed by atoms with E-state index >= 15 is 24.0 Å². The number of thiol groups is 1. The molecule has 2 saturated heterocycles. The molecule has 2 fully saturated rings. The second-order valence-corrected chi connectivity index (χ2v) is 39.3. The number of carbonyl (C=O) groups excluding carboxylic acids is 12. The summed E-state index contributed by atoms with van der Waals surface area (Å²) in [5.41, 5.74) is 4.81. The molecule has 15 atom stereocenters. The number of likely N-dealkylation sites (tertiary alicyclic amines) is 2. The minimum Gasteiger partial charge on any atom is -0.488 e. The fourth-order valence-electron chi connectivity index (χ4n) is 16.7. The molecule has 12 amide bonds. The first-order valence-corrected chi connectivity index (χ1v) is 47.8. The Morgan fingerprint density at radius 3 is 1.46 bits per heavy atom. The molecule has 1 aliphatic carbocycles. The molecule has 0 unspecified atom stereocenters. The van der Waals surface area contributed by atoms with Gasteiger partial charge in [0.15, 0.2) is 0 Å². The number of rotatable bonds is 44. The molecule has 0 radical (unpaired) electrons. The van der Waals surface area contributed by atoms with Crippen LogP contribution in [0.2, 0.25) is 0 Å². The molecule has 0 saturated carbocycles. The summed E-state index contributed by atoms with van der Waals surface area (Å²) in [5, 5.41) is 37.3. The smallest absolute Gasteiger partial charge is 0.407 e. The lowest BCUT2D eigenvalue weighted by molar-refractivity contribution is -0.149. The fourth-order valence-corrected chi connectivity index (χ4v) is 18.5. The van der Waals surface area contributed by atoms with E-state index < -0.39 is 202 Å². The van der Waals surface area contributed by atoms with Crippen molar-refractivity contribution in [2.24, 2.45) is 17.8 Å². The maximum Gasteiger partial charge on any atom is 0.407 e. The van der Waals surface area contributed by atoms with Crippen LogP contribution in [-0.2, 0) is 82.9 Å². The van der Waals surface area contributed by atoms with Crippen LogP contribution in [0, 0.1) is 17.8 Å². The molecule has 0 aromatic heterocycles. The van der Waals surface area contributed by atoms with Crippen molar-refractivity contribution in [3.8, 4) is 16.9 Å². The van der Waals surface area contributed by atoms with Crippen LogP contribution in [-0.4, -0.2) is 226 Å². The van der Waals surface area contributed by atoms with E-state index in [-0.39, 0.29) is 56.4 Å². The summed E-state index contributed by atoms with van der Waals surface area (Å²) in [4.78, 5) is 192. The Hall–Kier alpha value is -11.3. The summed E-state index contributed by atoms with van der Waals surface area (Å²) in [5.74, 6) is -11.3. The van der Waals surface area contributed by atoms with Crippen LogP contribution in [0.15, 0.2) is 164 Å². The summed E-state index contributed by atoms with van der Waals surface area (Å²) in [6, 6.07) is 37.5. The summed E-state index contributed by atoms with van der Waals surface area (Å²) in [6.45, 7) is 28.8. The average molecular weight is 1870 g/mol. The third-order valence-corrected chi connectivity index (χ3v) is 26.3. The number of carbonyl (C=O) groups is 13. The molecule has 6 aromatic carbocycles. The molecular weight excluding hydrogens is 1730 g/mol. The quantitative estimate of drug-likeness (QED) is 0.0125. The number of nitrogens with one attached hydrogen (secondary N) is 10. The number of benzene rings is 6. The van der Waals surface area contributed by atoms with Crippen LogP contribution in [0.4, 0.5) is 4.79 Å². The van der Waals surface area contributed by atoms with Gasteiger partial charge in [-0.1, -0.05) is 212 Å². The highest BCUT2D eigenvalue weighted by Crippen LogP contribution is 2.49. The van der Waals surface area contributed by atoms with Crippen LogP contribution in [0.3, 0.4) is 0 Å². The molecule has 11 N–H and O–H groups in total. The van der Waals surface area contributed by atoms with Crippen molar-refractivity contribution in [2.45, 2.75) is 269 Å². The average Bonchev–Trinajstić information content (AvgIpc) is 1.22. The molecular formula is C101H136N12O18S2. The van der Waals surface area contributed by atoms with E-state index in [4.69, 9.17) is 18.9 Å². The molecule has 9 rings (SSSR count). The first-order valence-electron chi connectivity index (χ1n) is 46.2. The first-order chi connectivity index (χ1) is 63.0. The van der Waals surface area contributed by atoms with Gasteiger partial charge in [-0.05, 0) is 176 Å². The lowest BCUT2D eigenvalue weighted by atomic mass is 9.84. The Morgan fingerprint density at radius 1 is 0.474 bits per heavy atom. The fraction of sp³-hybridized carbons (Fsp3) is 0.515. The van der Waals surface area contributed by atoms with Crippen LogP contribution in [0.1, 0.15) is 202 Å². The van der Waals surface area contributed by atoms with Crippen LogP contribution < -0.4 is 57.9 Å². The van der Waals surface area contributed by atoms with E-state index in [1.807, 2.05) is 181 Å². The van der Waals surface area contributed by atoms with Gasteiger partial charge in [0.1, 0.15) is 84.4 Å². The second kappa shape index (κ2) is 48.0. The SMILES string of the molecule is CC[C@H](C)[C@H](NC(=O)CNC(=O)[C@H](CSC(c1ccccc1)(c1ccccc1)c1ccccc1)NC(=O)OCC1c2ccccc2-c2ccccc21)C(=O)N[C@@H](Cc1ccc(OC(C)(C)C)cc1)C(=O)N[C@H](C(=O)N[C@@H](C)C(=O)N[C@@H](COC(C)(C)C)C(=O)N[C@H](C(=O)N1CCC[C@H]1C(=O)N1CCC[C@H]1C(=O)N[C@H](C(=O)N[C@@H](CS)C(=O)O)[C@@H](C)CC)[C@@H](C)CC)[C@@H](C)OC(C)(C)C. The minimum atomic E-state index is -1.61. The molecule has 720 valence electrons. The number of amides is 12. The molecule has 2 heterocycles. The largest absolute Gasteiger partial charge is 0.488 e. The van der Waals surface area contributed by atoms with Crippen LogP contribution >= 0.6 is 24.4 Å². The van der Waals surface area contributed by atoms with Gasteiger partial charge in [-0.2, -0.15) is 12.6 Å². The zero-order chi connectivity index (χ0) is 97.4. The van der Waals surface area contributed by atoms with Gasteiger partial charge in [0, 0.05) is 36.9 Å². The van der Waals surface area contributed by atoms with E-state index in [1.165, 1.54) is 28.5 Å². The zero-order valence-corrected chi connectivity index (χ0v) is 81.3. The van der Waals surface area contributed by atoms with Gasteiger partial charge in [0.25, 0.3) is 0 Å². The molecule has 32 heteroatoms. The van der Waals surface area contributed by atoms with Gasteiger partial charge >= 0.3 is 12.1 Å². The number of fused-ring (bicyclic) bond motifs is 3. The summed E-state index contributed by atoms with van der Waals surface area (Å²) < 4.78 is 23.7. The number of aliphatic carboxylic acids is 1. The number of ether oxygens (including phenoxy) is 4. The molecule has 2 aliphatic heterocycles. The molecule has 3 aliphatic rings. The summed E-state index contributed by atoms with van der Waals surface area (Å²) in [7, 11) is 0. The molecule has 133 heavy (non-hydrogen) atoms. The van der Waals surface area contributed by atoms with E-state index in [2.05, 4.69) is 65.8 Å². The van der Waals surface area contributed by atoms with Gasteiger partial charge in [-0.3, -0.25) is 52.7 Å². The predicted octanol–water partition coefficient (Wildman–Crippen LogP) is 10.2. The van der Waals surface area contributed by atoms with Gasteiger partial charge < -0.3 is 87.0 Å². The maximum atomic E-state index is 15.5. The normalized spacial score (nSPS) is 17.4. The Kier molecular flexibility index (Phi) is 38.0. The minimum absolute atomic E-state index is 0.0563. The monoisotopic (exact) mass is 1870 g/mol. The third-order valence-electron chi connectivity index (χ3n) is 24.3. The highest BCUT2D eigenvalue weighted by molar-refractivity contribution is 8.00. The Bertz CT molecular complexity index is 4850. The predicted molar refractivity (Wildman–Crippen MR) is 514 cm³/mol. The topological polar surface area (TPSA) is 406 Å². The van der Waals surface area contributed by atoms with E-state index in [0.717, 1.165) is 38.9 Å². The van der Waals surface area contributed by atoms with Crippen LogP contribution in [0.5, 0.6) is 5.75 Å². The number of hydrogen-bond acceptors (Lipinski definition) is 19. The highest BCUT2D eigenvalue weighted by Gasteiger charge is 2.48. The van der Waals surface area contributed by atoms with Crippen molar-refractivity contribution >= 4 is 101 Å². The van der Waals surface area contributed by atoms with Crippen molar-refractivity contribution in [2.75, 3.05) is 44.4 Å². The van der Waals surface area contributed by atoms with Gasteiger partial charge in [0.2, 0.25) is 65.0 Å². The van der Waals surface area contributed by atoms with Gasteiger partial charge in [-0.25, -0.2) is 9.59 Å². The molecule has 0 spiro atoms. The van der Waals surface area contributed by atoms with E-state index in [0.29, 0.717) is 43.4 Å². The van der Waals surface area contributed by atoms with Crippen molar-refractivity contribution in [3.63, 3.8) is 0 Å². The van der Waals surface area contributed by atoms with E-state index in [1.54, 1.807) is 93.5 Å². The number of carboxylic acid groups (broad SMARTS) is 1. The summed E-state index contributed by atoms with van der Waals surface area (Å²) >= 11 is 5.47. The molecule has 0 bridgehead atoms. The lowest BCUT2D eigenvalue weighted by Gasteiger charge is -2.36. The number of hydrogen-bond donors (Lipinski definition) is 12. The zero-order valence-electron chi connectivity index (χ0n) is 79.6. The molecule has 30 nitrogen and oxygen atoms in total. The molecule has 6 aromatic rings. The van der Waals surface area contributed by atoms with Crippen molar-refractivity contribution in [3.05, 3.63) is 197 Å². The maximum absolute atomic E-state index is 15.5. The van der Waals surface area contributed by atoms with Crippen molar-refractivity contribution in [1.29, 1.82) is 0 Å². The second-order valence-electron chi connectivity index (χ2n) is 37.7. The van der Waals surface area contributed by atoms with Crippen LogP contribution in [0.25, 0.3) is 11.1 Å². The van der Waals surface area contributed by atoms with E-state index in [9.17, 15) is 43.5 Å². The number of carboxylic acids is 1. The Balaban J connectivity index is 0.922. The third kappa shape index (κ3) is 28.8. The highest BCUT2D eigenvalue weighted by atomic mass is 32.2. The lowest BCUT2D eigenvalue weighted by Crippen LogP contribution is -2.63. The van der Waals surface area contributed by atoms with Crippen molar-refractivity contribution < 1.29 is 86.4 Å². The van der Waals surface area contributed by atoms with Gasteiger partial charge in [-0.15, -0.1) is 11.8 Å². The Labute approximate surface area is 791 Å². The number of nitrogens with zero attached hydrogens (tertiary/aromatic N) is 2.